The highest BCUT2D eigenvalue weighted by Gasteiger charge is 2.46. The van der Waals surface area contributed by atoms with E-state index in [1.165, 1.54) is 6.20 Å². The number of hydrogen-bond acceptors (Lipinski definition) is 6. The van der Waals surface area contributed by atoms with E-state index < -0.39 is 29.4 Å². The number of benzene rings is 2. The Bertz CT molecular complexity index is 1390. The maximum atomic E-state index is 13.7. The predicted molar refractivity (Wildman–Crippen MR) is 156 cm³/mol. The molecule has 0 spiro atoms. The Kier molecular flexibility index (Phi) is 9.38. The van der Waals surface area contributed by atoms with Gasteiger partial charge in [-0.2, -0.15) is 24.9 Å². The van der Waals surface area contributed by atoms with Gasteiger partial charge in [-0.25, -0.2) is 14.8 Å². The van der Waals surface area contributed by atoms with Crippen molar-refractivity contribution in [3.05, 3.63) is 79.7 Å². The Morgan fingerprint density at radius 3 is 2.55 bits per heavy atom. The quantitative estimate of drug-likeness (QED) is 0.235. The van der Waals surface area contributed by atoms with Crippen molar-refractivity contribution in [1.29, 1.82) is 0 Å². The van der Waals surface area contributed by atoms with Crippen LogP contribution in [0.2, 0.25) is 0 Å². The first-order valence-corrected chi connectivity index (χ1v) is 15.3. The largest absolute Gasteiger partial charge is 0.489 e. The number of nitrogens with two attached hydrogens (primary N) is 1. The number of fused-ring (bicyclic) bond motifs is 1. The second-order valence-corrected chi connectivity index (χ2v) is 12.3. The van der Waals surface area contributed by atoms with E-state index in [1.54, 1.807) is 18.7 Å². The first-order valence-electron chi connectivity index (χ1n) is 12.3. The molecule has 0 saturated carbocycles. The van der Waals surface area contributed by atoms with Gasteiger partial charge in [0.2, 0.25) is 0 Å². The van der Waals surface area contributed by atoms with Gasteiger partial charge in [-0.15, -0.1) is 0 Å². The summed E-state index contributed by atoms with van der Waals surface area (Å²) in [5.74, 6) is 0.675. The summed E-state index contributed by atoms with van der Waals surface area (Å²) < 4.78 is 48.9. The Balaban J connectivity index is 1.87. The number of halogens is 5. The topological polar surface area (TPSA) is 102 Å². The van der Waals surface area contributed by atoms with Crippen LogP contribution in [0.4, 0.5) is 23.7 Å². The van der Waals surface area contributed by atoms with E-state index in [9.17, 15) is 23.1 Å². The number of rotatable bonds is 8. The molecule has 1 amide bonds. The maximum absolute atomic E-state index is 13.7. The van der Waals surface area contributed by atoms with E-state index >= 15 is 0 Å². The molecule has 3 N–H and O–H groups in total. The van der Waals surface area contributed by atoms with Crippen molar-refractivity contribution >= 4 is 55.4 Å². The summed E-state index contributed by atoms with van der Waals surface area (Å²) in [7, 11) is 0. The number of anilines is 1. The molecule has 2 heterocycles. The summed E-state index contributed by atoms with van der Waals surface area (Å²) in [6.45, 7) is 2.16. The molecule has 3 aromatic rings. The van der Waals surface area contributed by atoms with Crippen molar-refractivity contribution in [3.8, 4) is 5.75 Å². The average molecular weight is 704 g/mol. The Labute approximate surface area is 251 Å². The number of hydrogen-bond donors (Lipinski definition) is 2. The highest BCUT2D eigenvalue weighted by Crippen LogP contribution is 2.47. The van der Waals surface area contributed by atoms with Gasteiger partial charge in [-0.1, -0.05) is 38.8 Å². The summed E-state index contributed by atoms with van der Waals surface area (Å²) in [6, 6.07) is 8.79. The van der Waals surface area contributed by atoms with Crippen LogP contribution in [-0.4, -0.2) is 45.4 Å². The summed E-state index contributed by atoms with van der Waals surface area (Å²) >= 11 is 8.62. The zero-order valence-electron chi connectivity index (χ0n) is 21.6. The van der Waals surface area contributed by atoms with Gasteiger partial charge in [0.1, 0.15) is 11.5 Å². The molecule has 7 nitrogen and oxygen atoms in total. The second kappa shape index (κ2) is 12.3. The van der Waals surface area contributed by atoms with Crippen LogP contribution in [0.5, 0.6) is 5.75 Å². The molecule has 4 rings (SSSR count). The van der Waals surface area contributed by atoms with Crippen molar-refractivity contribution in [2.45, 2.75) is 43.9 Å². The van der Waals surface area contributed by atoms with Gasteiger partial charge >= 0.3 is 12.3 Å². The Hall–Kier alpha value is -2.35. The number of alkyl halides is 3. The maximum Gasteiger partial charge on any atom is 0.416 e. The summed E-state index contributed by atoms with van der Waals surface area (Å²) in [4.78, 5) is 22.6. The highest BCUT2D eigenvalue weighted by molar-refractivity contribution is 9.11. The van der Waals surface area contributed by atoms with Crippen LogP contribution >= 0.6 is 43.6 Å². The second-order valence-electron chi connectivity index (χ2n) is 9.44. The monoisotopic (exact) mass is 702 g/mol. The summed E-state index contributed by atoms with van der Waals surface area (Å²) in [5, 5.41) is 10.00. The van der Waals surface area contributed by atoms with Crippen molar-refractivity contribution in [1.82, 2.24) is 9.97 Å². The standard InChI is InChI=1S/C27H27Br2F3N4O3S/c1-3-26(33)13-20(19-11-16(27(30,31)32)4-5-22(19)36(26)25(37)38)24-34-14-23(39-6-7-40-2)21(35-24)10-15-8-17(28)12-18(29)9-15/h4-5,8-9,11-12,14,20H,3,6-7,10,13,33H2,1-2H3,(H,37,38)/t20-,26+/m0/s1. The van der Waals surface area contributed by atoms with Crippen LogP contribution in [0.15, 0.2) is 51.5 Å². The predicted octanol–water partition coefficient (Wildman–Crippen LogP) is 7.44. The molecule has 40 heavy (non-hydrogen) atoms. The van der Waals surface area contributed by atoms with Crippen LogP contribution < -0.4 is 15.4 Å². The molecule has 0 saturated heterocycles. The van der Waals surface area contributed by atoms with Crippen molar-refractivity contribution in [2.24, 2.45) is 5.73 Å². The molecule has 0 aliphatic carbocycles. The molecule has 0 radical (unpaired) electrons. The summed E-state index contributed by atoms with van der Waals surface area (Å²) in [5.41, 5.74) is 6.05. The molecule has 1 aromatic heterocycles. The number of amides is 1. The lowest BCUT2D eigenvalue weighted by molar-refractivity contribution is -0.137. The number of ether oxygens (including phenoxy) is 1. The third kappa shape index (κ3) is 6.58. The van der Waals surface area contributed by atoms with Gasteiger partial charge in [-0.05, 0) is 66.6 Å². The van der Waals surface area contributed by atoms with Crippen LogP contribution in [0.25, 0.3) is 0 Å². The fourth-order valence-corrected chi connectivity index (χ4v) is 6.45. The van der Waals surface area contributed by atoms with Crippen molar-refractivity contribution < 1.29 is 27.8 Å². The first-order chi connectivity index (χ1) is 18.9. The molecule has 0 fully saturated rings. The van der Waals surface area contributed by atoms with Gasteiger partial charge < -0.3 is 15.6 Å². The fraction of sp³-hybridized carbons (Fsp3) is 0.370. The van der Waals surface area contributed by atoms with Gasteiger partial charge in [0.15, 0.2) is 5.75 Å². The van der Waals surface area contributed by atoms with Crippen LogP contribution in [0, 0.1) is 0 Å². The Morgan fingerprint density at radius 2 is 1.95 bits per heavy atom. The molecule has 214 valence electrons. The molecule has 1 aliphatic rings. The lowest BCUT2D eigenvalue weighted by atomic mass is 9.80. The Morgan fingerprint density at radius 1 is 1.25 bits per heavy atom. The van der Waals surface area contributed by atoms with Crippen LogP contribution in [0.1, 0.15) is 53.9 Å². The van der Waals surface area contributed by atoms with Gasteiger partial charge in [0, 0.05) is 27.0 Å². The molecule has 2 aromatic carbocycles. The molecule has 1 aliphatic heterocycles. The smallest absolute Gasteiger partial charge is 0.416 e. The van der Waals surface area contributed by atoms with E-state index in [0.29, 0.717) is 24.5 Å². The van der Waals surface area contributed by atoms with E-state index in [4.69, 9.17) is 15.5 Å². The first kappa shape index (κ1) is 30.6. The van der Waals surface area contributed by atoms with Crippen LogP contribution in [-0.2, 0) is 12.6 Å². The van der Waals surface area contributed by atoms with Crippen molar-refractivity contribution in [2.75, 3.05) is 23.5 Å². The number of carbonyl (C=O) groups is 1. The van der Waals surface area contributed by atoms with E-state index in [0.717, 1.165) is 43.4 Å². The molecular weight excluding hydrogens is 677 g/mol. The highest BCUT2D eigenvalue weighted by atomic mass is 79.9. The minimum Gasteiger partial charge on any atom is -0.489 e. The fourth-order valence-electron chi connectivity index (χ4n) is 4.81. The minimum absolute atomic E-state index is 0.00133. The minimum atomic E-state index is -4.62. The number of carboxylic acid groups (broad SMARTS) is 1. The lowest BCUT2D eigenvalue weighted by Gasteiger charge is -2.46. The number of nitrogens with zero attached hydrogens (tertiary/aromatic N) is 3. The molecule has 0 bridgehead atoms. The third-order valence-corrected chi connectivity index (χ3v) is 8.27. The van der Waals surface area contributed by atoms with Crippen LogP contribution in [0.3, 0.4) is 0 Å². The van der Waals surface area contributed by atoms with Gasteiger partial charge in [-0.3, -0.25) is 4.90 Å². The van der Waals surface area contributed by atoms with Crippen molar-refractivity contribution in [3.63, 3.8) is 0 Å². The van der Waals surface area contributed by atoms with Gasteiger partial charge in [0.05, 0.1) is 29.7 Å². The van der Waals surface area contributed by atoms with Gasteiger partial charge in [0.25, 0.3) is 0 Å². The van der Waals surface area contributed by atoms with E-state index in [1.807, 2.05) is 24.5 Å². The summed E-state index contributed by atoms with van der Waals surface area (Å²) in [6.07, 6.45) is -1.87. The molecular formula is C27H27Br2F3N4O3S. The molecule has 2 atom stereocenters. The molecule has 13 heteroatoms. The normalized spacial score (nSPS) is 18.9. The number of aromatic nitrogens is 2. The molecule has 0 unspecified atom stereocenters. The SMILES string of the molecule is CC[C@]1(N)C[C@H](c2ncc(OCCSC)c(Cc3cc(Br)cc(Br)c3)n2)c2cc(C(F)(F)F)ccc2N1C(=O)O. The third-order valence-electron chi connectivity index (χ3n) is 6.78. The zero-order valence-corrected chi connectivity index (χ0v) is 25.6. The zero-order chi connectivity index (χ0) is 29.2. The number of thioether (sulfide) groups is 1. The average Bonchev–Trinajstić information content (AvgIpc) is 2.87. The van der Waals surface area contributed by atoms with E-state index in [-0.39, 0.29) is 29.9 Å². The lowest BCUT2D eigenvalue weighted by Crippen LogP contribution is -2.61. The van der Waals surface area contributed by atoms with E-state index in [2.05, 4.69) is 36.8 Å².